The average molecular weight is 245 g/mol. The first-order chi connectivity index (χ1) is 8.66. The Morgan fingerprint density at radius 1 is 1.39 bits per heavy atom. The molecule has 0 bridgehead atoms. The number of hydrogen-bond donors (Lipinski definition) is 1. The highest BCUT2D eigenvalue weighted by atomic mass is 19.1. The number of nitrogens with two attached hydrogens (primary N) is 1. The molecule has 1 fully saturated rings. The van der Waals surface area contributed by atoms with Gasteiger partial charge in [-0.25, -0.2) is 9.07 Å². The lowest BCUT2D eigenvalue weighted by atomic mass is 10.0. The Labute approximate surface area is 105 Å². The van der Waals surface area contributed by atoms with Gasteiger partial charge in [-0.05, 0) is 38.0 Å². The van der Waals surface area contributed by atoms with Gasteiger partial charge < -0.3 is 5.73 Å². The van der Waals surface area contributed by atoms with E-state index in [1.54, 1.807) is 16.8 Å². The SMILES string of the molecule is Cc1cc(C2(CN)CC2)nn1-c1ccccc1F. The van der Waals surface area contributed by atoms with E-state index in [0.717, 1.165) is 24.2 Å². The number of rotatable bonds is 3. The third-order valence-electron chi connectivity index (χ3n) is 3.76. The second kappa shape index (κ2) is 3.92. The first-order valence-electron chi connectivity index (χ1n) is 6.18. The van der Waals surface area contributed by atoms with Crippen LogP contribution < -0.4 is 5.73 Å². The zero-order valence-corrected chi connectivity index (χ0v) is 10.4. The van der Waals surface area contributed by atoms with Gasteiger partial charge in [-0.15, -0.1) is 0 Å². The quantitative estimate of drug-likeness (QED) is 0.901. The summed E-state index contributed by atoms with van der Waals surface area (Å²) in [5.41, 5.74) is 8.27. The van der Waals surface area contributed by atoms with Gasteiger partial charge in [0.15, 0.2) is 0 Å². The molecule has 1 saturated carbocycles. The van der Waals surface area contributed by atoms with Gasteiger partial charge in [0.2, 0.25) is 0 Å². The molecule has 0 spiro atoms. The van der Waals surface area contributed by atoms with E-state index in [0.29, 0.717) is 12.2 Å². The first kappa shape index (κ1) is 11.4. The third kappa shape index (κ3) is 1.64. The van der Waals surface area contributed by atoms with E-state index in [1.807, 2.05) is 19.1 Å². The minimum Gasteiger partial charge on any atom is -0.330 e. The van der Waals surface area contributed by atoms with Crippen molar-refractivity contribution >= 4 is 0 Å². The fourth-order valence-electron chi connectivity index (χ4n) is 2.32. The molecule has 1 aromatic carbocycles. The summed E-state index contributed by atoms with van der Waals surface area (Å²) in [6.45, 7) is 2.55. The molecule has 0 radical (unpaired) electrons. The number of para-hydroxylation sites is 1. The molecule has 0 aliphatic heterocycles. The Morgan fingerprint density at radius 3 is 2.72 bits per heavy atom. The van der Waals surface area contributed by atoms with Crippen molar-refractivity contribution in [1.29, 1.82) is 0 Å². The standard InChI is InChI=1S/C14H16FN3/c1-10-8-13(14(9-16)6-7-14)17-18(10)12-5-3-2-4-11(12)15/h2-5,8H,6-7,9,16H2,1H3. The van der Waals surface area contributed by atoms with Crippen LogP contribution in [0.1, 0.15) is 24.2 Å². The Hall–Kier alpha value is -1.68. The van der Waals surface area contributed by atoms with Crippen LogP contribution in [0.25, 0.3) is 5.69 Å². The van der Waals surface area contributed by atoms with E-state index >= 15 is 0 Å². The van der Waals surface area contributed by atoms with Crippen molar-refractivity contribution in [2.24, 2.45) is 5.73 Å². The minimum absolute atomic E-state index is 0.0429. The second-order valence-corrected chi connectivity index (χ2v) is 5.02. The molecule has 0 unspecified atom stereocenters. The fraction of sp³-hybridized carbons (Fsp3) is 0.357. The van der Waals surface area contributed by atoms with Gasteiger partial charge in [-0.2, -0.15) is 5.10 Å². The van der Waals surface area contributed by atoms with E-state index in [2.05, 4.69) is 5.10 Å². The molecule has 1 heterocycles. The van der Waals surface area contributed by atoms with Crippen LogP contribution in [0, 0.1) is 12.7 Å². The van der Waals surface area contributed by atoms with Crippen molar-refractivity contribution in [1.82, 2.24) is 9.78 Å². The summed E-state index contributed by atoms with van der Waals surface area (Å²) in [5, 5.41) is 4.54. The Kier molecular flexibility index (Phi) is 2.48. The topological polar surface area (TPSA) is 43.8 Å². The summed E-state index contributed by atoms with van der Waals surface area (Å²) in [4.78, 5) is 0. The lowest BCUT2D eigenvalue weighted by Crippen LogP contribution is -2.20. The third-order valence-corrected chi connectivity index (χ3v) is 3.76. The average Bonchev–Trinajstić information content (AvgIpc) is 3.08. The van der Waals surface area contributed by atoms with Gasteiger partial charge in [0.1, 0.15) is 11.5 Å². The lowest BCUT2D eigenvalue weighted by molar-refractivity contribution is 0.601. The van der Waals surface area contributed by atoms with E-state index in [9.17, 15) is 4.39 Å². The highest BCUT2D eigenvalue weighted by molar-refractivity contribution is 5.37. The Balaban J connectivity index is 2.07. The Bertz CT molecular complexity index is 584. The van der Waals surface area contributed by atoms with Gasteiger partial charge in [0, 0.05) is 17.7 Å². The summed E-state index contributed by atoms with van der Waals surface area (Å²) in [7, 11) is 0. The second-order valence-electron chi connectivity index (χ2n) is 5.02. The maximum atomic E-state index is 13.8. The maximum absolute atomic E-state index is 13.8. The van der Waals surface area contributed by atoms with Crippen LogP contribution in [0.2, 0.25) is 0 Å². The van der Waals surface area contributed by atoms with Crippen LogP contribution in [0.5, 0.6) is 0 Å². The van der Waals surface area contributed by atoms with Crippen LogP contribution in [0.15, 0.2) is 30.3 Å². The summed E-state index contributed by atoms with van der Waals surface area (Å²) < 4.78 is 15.4. The molecule has 18 heavy (non-hydrogen) atoms. The predicted octanol–water partition coefficient (Wildman–Crippen LogP) is 2.31. The first-order valence-corrected chi connectivity index (χ1v) is 6.18. The molecule has 2 N–H and O–H groups in total. The summed E-state index contributed by atoms with van der Waals surface area (Å²) in [6.07, 6.45) is 2.16. The molecular weight excluding hydrogens is 229 g/mol. The molecule has 0 atom stereocenters. The van der Waals surface area contributed by atoms with Crippen molar-refractivity contribution < 1.29 is 4.39 Å². The van der Waals surface area contributed by atoms with E-state index in [4.69, 9.17) is 5.73 Å². The number of halogens is 1. The smallest absolute Gasteiger partial charge is 0.148 e. The normalized spacial score (nSPS) is 16.8. The van der Waals surface area contributed by atoms with Gasteiger partial charge in [-0.3, -0.25) is 0 Å². The monoisotopic (exact) mass is 245 g/mol. The summed E-state index contributed by atoms with van der Waals surface area (Å²) >= 11 is 0. The van der Waals surface area contributed by atoms with Crippen molar-refractivity contribution in [3.63, 3.8) is 0 Å². The predicted molar refractivity (Wildman–Crippen MR) is 68.2 cm³/mol. The van der Waals surface area contributed by atoms with Crippen LogP contribution in [0.4, 0.5) is 4.39 Å². The molecule has 0 amide bonds. The number of nitrogens with zero attached hydrogens (tertiary/aromatic N) is 2. The molecule has 3 rings (SSSR count). The maximum Gasteiger partial charge on any atom is 0.148 e. The molecule has 4 heteroatoms. The van der Waals surface area contributed by atoms with Crippen LogP contribution >= 0.6 is 0 Å². The number of aryl methyl sites for hydroxylation is 1. The van der Waals surface area contributed by atoms with Crippen LogP contribution in [-0.4, -0.2) is 16.3 Å². The number of aromatic nitrogens is 2. The van der Waals surface area contributed by atoms with E-state index < -0.39 is 0 Å². The largest absolute Gasteiger partial charge is 0.330 e. The molecule has 1 aliphatic rings. The fourth-order valence-corrected chi connectivity index (χ4v) is 2.32. The van der Waals surface area contributed by atoms with Gasteiger partial charge >= 0.3 is 0 Å². The number of benzene rings is 1. The molecular formula is C14H16FN3. The molecule has 3 nitrogen and oxygen atoms in total. The van der Waals surface area contributed by atoms with Gasteiger partial charge in [0.25, 0.3) is 0 Å². The van der Waals surface area contributed by atoms with Gasteiger partial charge in [0.05, 0.1) is 5.69 Å². The summed E-state index contributed by atoms with van der Waals surface area (Å²) in [5.74, 6) is -0.257. The van der Waals surface area contributed by atoms with Crippen molar-refractivity contribution in [2.75, 3.05) is 6.54 Å². The van der Waals surface area contributed by atoms with Crippen molar-refractivity contribution in [3.8, 4) is 5.69 Å². The molecule has 2 aromatic rings. The molecule has 1 aromatic heterocycles. The molecule has 0 saturated heterocycles. The van der Waals surface area contributed by atoms with Crippen molar-refractivity contribution in [3.05, 3.63) is 47.5 Å². The van der Waals surface area contributed by atoms with Gasteiger partial charge in [-0.1, -0.05) is 12.1 Å². The zero-order valence-electron chi connectivity index (χ0n) is 10.4. The summed E-state index contributed by atoms with van der Waals surface area (Å²) in [6, 6.07) is 8.70. The highest BCUT2D eigenvalue weighted by Gasteiger charge is 2.45. The van der Waals surface area contributed by atoms with Crippen LogP contribution in [0.3, 0.4) is 0 Å². The molecule has 94 valence electrons. The Morgan fingerprint density at radius 2 is 2.11 bits per heavy atom. The minimum atomic E-state index is -0.257. The highest BCUT2D eigenvalue weighted by Crippen LogP contribution is 2.46. The zero-order chi connectivity index (χ0) is 12.8. The molecule has 1 aliphatic carbocycles. The van der Waals surface area contributed by atoms with E-state index in [-0.39, 0.29) is 11.2 Å². The van der Waals surface area contributed by atoms with Crippen LogP contribution in [-0.2, 0) is 5.41 Å². The van der Waals surface area contributed by atoms with E-state index in [1.165, 1.54) is 6.07 Å². The lowest BCUT2D eigenvalue weighted by Gasteiger charge is -2.08. The number of hydrogen-bond acceptors (Lipinski definition) is 2. The van der Waals surface area contributed by atoms with Crippen molar-refractivity contribution in [2.45, 2.75) is 25.2 Å².